The van der Waals surface area contributed by atoms with Crippen LogP contribution in [-0.4, -0.2) is 31.3 Å². The van der Waals surface area contributed by atoms with Crippen molar-refractivity contribution in [3.63, 3.8) is 0 Å². The van der Waals surface area contributed by atoms with Gasteiger partial charge in [0.05, 0.1) is 0 Å². The van der Waals surface area contributed by atoms with Gasteiger partial charge in [0.2, 0.25) is 0 Å². The van der Waals surface area contributed by atoms with Gasteiger partial charge in [-0.3, -0.25) is 0 Å². The van der Waals surface area contributed by atoms with Crippen molar-refractivity contribution in [3.05, 3.63) is 0 Å². The van der Waals surface area contributed by atoms with Gasteiger partial charge in [0.1, 0.15) is 6.54 Å². The Hall–Kier alpha value is -0.980. The molecule has 0 aromatic heterocycles. The molecule has 0 aliphatic heterocycles. The highest BCUT2D eigenvalue weighted by Crippen LogP contribution is 2.22. The largest absolute Gasteiger partial charge is 0.405 e. The molecule has 0 unspecified atom stereocenters. The third-order valence-electron chi connectivity index (χ3n) is 2.89. The second kappa shape index (κ2) is 6.09. The van der Waals surface area contributed by atoms with Crippen molar-refractivity contribution in [1.82, 2.24) is 10.6 Å². The average molecular weight is 253 g/mol. The highest BCUT2D eigenvalue weighted by atomic mass is 19.4. The number of hydrogen-bond acceptors (Lipinski definition) is 2. The summed E-state index contributed by atoms with van der Waals surface area (Å²) in [4.78, 5) is 11.0. The molecule has 1 rings (SSSR count). The molecule has 1 fully saturated rings. The fourth-order valence-corrected chi connectivity index (χ4v) is 1.87. The normalized spacial score (nSPS) is 25.4. The van der Waals surface area contributed by atoms with Gasteiger partial charge in [-0.1, -0.05) is 0 Å². The Labute approximate surface area is 98.1 Å². The molecule has 0 saturated heterocycles. The predicted molar refractivity (Wildman–Crippen MR) is 57.4 cm³/mol. The fraction of sp³-hybridized carbons (Fsp3) is 0.900. The molecule has 0 radical (unpaired) electrons. The van der Waals surface area contributed by atoms with Crippen LogP contribution in [0.3, 0.4) is 0 Å². The Morgan fingerprint density at radius 1 is 1.18 bits per heavy atom. The van der Waals surface area contributed by atoms with Crippen LogP contribution in [0.25, 0.3) is 0 Å². The van der Waals surface area contributed by atoms with Gasteiger partial charge in [-0.15, -0.1) is 0 Å². The van der Waals surface area contributed by atoms with E-state index in [-0.39, 0.29) is 6.04 Å². The van der Waals surface area contributed by atoms with Crippen LogP contribution < -0.4 is 16.4 Å². The molecule has 2 amide bonds. The van der Waals surface area contributed by atoms with Crippen molar-refractivity contribution >= 4 is 6.03 Å². The number of urea groups is 1. The molecule has 0 atom stereocenters. The van der Waals surface area contributed by atoms with E-state index in [1.807, 2.05) is 0 Å². The van der Waals surface area contributed by atoms with E-state index in [9.17, 15) is 18.0 Å². The zero-order chi connectivity index (χ0) is 12.9. The molecule has 0 aromatic rings. The minimum absolute atomic E-state index is 0.227. The number of amides is 2. The predicted octanol–water partition coefficient (Wildman–Crippen LogP) is 1.37. The van der Waals surface area contributed by atoms with Crippen molar-refractivity contribution in [2.75, 3.05) is 13.1 Å². The van der Waals surface area contributed by atoms with Crippen molar-refractivity contribution in [2.45, 2.75) is 37.9 Å². The van der Waals surface area contributed by atoms with Crippen LogP contribution in [0.15, 0.2) is 0 Å². The number of halogens is 3. The van der Waals surface area contributed by atoms with Gasteiger partial charge in [0.25, 0.3) is 0 Å². The Morgan fingerprint density at radius 2 is 1.76 bits per heavy atom. The Balaban J connectivity index is 2.11. The summed E-state index contributed by atoms with van der Waals surface area (Å²) in [5.74, 6) is 0.325. The second-order valence-corrected chi connectivity index (χ2v) is 4.46. The van der Waals surface area contributed by atoms with E-state index in [1.165, 1.54) is 0 Å². The minimum Gasteiger partial charge on any atom is -0.338 e. The molecular formula is C10H18F3N3O. The Kier molecular flexibility index (Phi) is 5.04. The summed E-state index contributed by atoms with van der Waals surface area (Å²) in [6.07, 6.45) is -0.705. The molecule has 1 aliphatic carbocycles. The molecular weight excluding hydrogens is 235 g/mol. The van der Waals surface area contributed by atoms with E-state index >= 15 is 0 Å². The quantitative estimate of drug-likeness (QED) is 0.711. The van der Waals surface area contributed by atoms with Gasteiger partial charge in [0, 0.05) is 12.6 Å². The van der Waals surface area contributed by atoms with Crippen molar-refractivity contribution < 1.29 is 18.0 Å². The number of alkyl halides is 3. The monoisotopic (exact) mass is 253 g/mol. The van der Waals surface area contributed by atoms with E-state index in [0.717, 1.165) is 25.7 Å². The Bertz CT molecular complexity index is 250. The standard InChI is InChI=1S/C10H18F3N3O/c11-10(12,13)6-16-9(17)15-5-7-1-3-8(14)4-2-7/h7-8H,1-6,14H2,(H2,15,16,17). The van der Waals surface area contributed by atoms with Crippen molar-refractivity contribution in [2.24, 2.45) is 11.7 Å². The van der Waals surface area contributed by atoms with Gasteiger partial charge < -0.3 is 16.4 Å². The number of rotatable bonds is 3. The first-order valence-corrected chi connectivity index (χ1v) is 5.71. The van der Waals surface area contributed by atoms with E-state index in [0.29, 0.717) is 12.5 Å². The summed E-state index contributed by atoms with van der Waals surface area (Å²) >= 11 is 0. The SMILES string of the molecule is NC1CCC(CNC(=O)NCC(F)(F)F)CC1. The molecule has 4 nitrogen and oxygen atoms in total. The molecule has 100 valence electrons. The lowest BCUT2D eigenvalue weighted by Crippen LogP contribution is -2.43. The van der Waals surface area contributed by atoms with Crippen LogP contribution in [0.5, 0.6) is 0 Å². The third kappa shape index (κ3) is 6.35. The number of hydrogen-bond donors (Lipinski definition) is 3. The van der Waals surface area contributed by atoms with E-state index in [2.05, 4.69) is 5.32 Å². The Morgan fingerprint density at radius 3 is 2.29 bits per heavy atom. The summed E-state index contributed by atoms with van der Waals surface area (Å²) in [6.45, 7) is -0.884. The van der Waals surface area contributed by atoms with Crippen LogP contribution in [0.1, 0.15) is 25.7 Å². The molecule has 0 spiro atoms. The van der Waals surface area contributed by atoms with Crippen molar-refractivity contribution in [1.29, 1.82) is 0 Å². The summed E-state index contributed by atoms with van der Waals surface area (Å²) in [6, 6.07) is -0.539. The lowest BCUT2D eigenvalue weighted by molar-refractivity contribution is -0.122. The van der Waals surface area contributed by atoms with E-state index in [4.69, 9.17) is 5.73 Å². The molecule has 0 heterocycles. The first kappa shape index (κ1) is 14.1. The lowest BCUT2D eigenvalue weighted by Gasteiger charge is -2.26. The second-order valence-electron chi connectivity index (χ2n) is 4.46. The van der Waals surface area contributed by atoms with Gasteiger partial charge >= 0.3 is 12.2 Å². The molecule has 0 aromatic carbocycles. The third-order valence-corrected chi connectivity index (χ3v) is 2.89. The van der Waals surface area contributed by atoms with Crippen LogP contribution >= 0.6 is 0 Å². The van der Waals surface area contributed by atoms with E-state index < -0.39 is 18.8 Å². The maximum atomic E-state index is 11.8. The van der Waals surface area contributed by atoms with Crippen LogP contribution in [-0.2, 0) is 0 Å². The summed E-state index contributed by atoms with van der Waals surface area (Å²) in [7, 11) is 0. The van der Waals surface area contributed by atoms with Crippen LogP contribution in [0.4, 0.5) is 18.0 Å². The van der Waals surface area contributed by atoms with Crippen LogP contribution in [0.2, 0.25) is 0 Å². The molecule has 0 bridgehead atoms. The number of carbonyl (C=O) groups is 1. The zero-order valence-electron chi connectivity index (χ0n) is 9.52. The average Bonchev–Trinajstić information content (AvgIpc) is 2.25. The summed E-state index contributed by atoms with van der Waals surface area (Å²) in [5.41, 5.74) is 5.72. The van der Waals surface area contributed by atoms with E-state index in [1.54, 1.807) is 5.32 Å². The first-order chi connectivity index (χ1) is 7.87. The highest BCUT2D eigenvalue weighted by Gasteiger charge is 2.27. The van der Waals surface area contributed by atoms with Crippen molar-refractivity contribution in [3.8, 4) is 0 Å². The summed E-state index contributed by atoms with van der Waals surface area (Å²) < 4.78 is 35.4. The molecule has 4 N–H and O–H groups in total. The fourth-order valence-electron chi connectivity index (χ4n) is 1.87. The molecule has 17 heavy (non-hydrogen) atoms. The topological polar surface area (TPSA) is 67.1 Å². The number of nitrogens with one attached hydrogen (secondary N) is 2. The van der Waals surface area contributed by atoms with Crippen LogP contribution in [0, 0.1) is 5.92 Å². The maximum Gasteiger partial charge on any atom is 0.405 e. The number of nitrogens with two attached hydrogens (primary N) is 1. The molecule has 1 saturated carbocycles. The van der Waals surface area contributed by atoms with Gasteiger partial charge in [-0.05, 0) is 31.6 Å². The lowest BCUT2D eigenvalue weighted by atomic mass is 9.86. The van der Waals surface area contributed by atoms with Gasteiger partial charge in [-0.25, -0.2) is 4.79 Å². The summed E-state index contributed by atoms with van der Waals surface area (Å²) in [5, 5.41) is 4.22. The zero-order valence-corrected chi connectivity index (χ0v) is 9.52. The highest BCUT2D eigenvalue weighted by molar-refractivity contribution is 5.73. The minimum atomic E-state index is -4.37. The van der Waals surface area contributed by atoms with Gasteiger partial charge in [0.15, 0.2) is 0 Å². The van der Waals surface area contributed by atoms with Gasteiger partial charge in [-0.2, -0.15) is 13.2 Å². The first-order valence-electron chi connectivity index (χ1n) is 5.71. The molecule has 7 heteroatoms. The smallest absolute Gasteiger partial charge is 0.338 e. The maximum absolute atomic E-state index is 11.8. The molecule has 1 aliphatic rings. The number of carbonyl (C=O) groups excluding carboxylic acids is 1.